The third kappa shape index (κ3) is 2.36. The maximum atomic E-state index is 2.40. The molecule has 4 aromatic rings. The average Bonchev–Trinajstić information content (AvgIpc) is 2.67. The largest absolute Gasteiger partial charge is 0.0616 e. The zero-order valence-corrected chi connectivity index (χ0v) is 14.6. The summed E-state index contributed by atoms with van der Waals surface area (Å²) in [5, 5.41) is 5.57. The molecule has 0 heterocycles. The third-order valence-corrected chi connectivity index (χ3v) is 5.85. The first-order chi connectivity index (χ1) is 12.3. The van der Waals surface area contributed by atoms with Crippen LogP contribution in [0.2, 0.25) is 0 Å². The molecule has 25 heavy (non-hydrogen) atoms. The second kappa shape index (κ2) is 5.74. The fourth-order valence-electron chi connectivity index (χ4n) is 4.56. The number of benzene rings is 4. The Morgan fingerprint density at radius 1 is 0.720 bits per heavy atom. The van der Waals surface area contributed by atoms with Gasteiger partial charge in [0, 0.05) is 5.92 Å². The molecule has 0 saturated carbocycles. The minimum absolute atomic E-state index is 0.542. The summed E-state index contributed by atoms with van der Waals surface area (Å²) in [6.07, 6.45) is 3.74. The van der Waals surface area contributed by atoms with Crippen molar-refractivity contribution in [1.29, 1.82) is 0 Å². The van der Waals surface area contributed by atoms with Crippen LogP contribution in [0.15, 0.2) is 72.8 Å². The lowest BCUT2D eigenvalue weighted by Crippen LogP contribution is -2.11. The van der Waals surface area contributed by atoms with Crippen molar-refractivity contribution in [3.05, 3.63) is 95.1 Å². The van der Waals surface area contributed by atoms with E-state index in [1.54, 1.807) is 5.56 Å². The Morgan fingerprint density at radius 3 is 2.40 bits per heavy atom. The minimum atomic E-state index is 0.542. The molecule has 5 rings (SSSR count). The summed E-state index contributed by atoms with van der Waals surface area (Å²) in [7, 11) is 0. The molecule has 1 aliphatic carbocycles. The van der Waals surface area contributed by atoms with Crippen LogP contribution in [0.5, 0.6) is 0 Å². The van der Waals surface area contributed by atoms with E-state index in [1.807, 2.05) is 0 Å². The highest BCUT2D eigenvalue weighted by atomic mass is 14.3. The maximum Gasteiger partial charge on any atom is 0.00924 e. The molecule has 0 radical (unpaired) electrons. The molecule has 0 fully saturated rings. The van der Waals surface area contributed by atoms with Crippen molar-refractivity contribution in [2.24, 2.45) is 0 Å². The van der Waals surface area contributed by atoms with Crippen LogP contribution in [0.25, 0.3) is 21.5 Å². The third-order valence-electron chi connectivity index (χ3n) is 5.85. The average molecular weight is 322 g/mol. The van der Waals surface area contributed by atoms with Crippen molar-refractivity contribution < 1.29 is 0 Å². The van der Waals surface area contributed by atoms with Gasteiger partial charge in [-0.25, -0.2) is 0 Å². The Morgan fingerprint density at radius 2 is 1.52 bits per heavy atom. The molecule has 0 bridgehead atoms. The molecule has 0 saturated heterocycles. The van der Waals surface area contributed by atoms with Gasteiger partial charge < -0.3 is 0 Å². The van der Waals surface area contributed by atoms with Gasteiger partial charge in [0.15, 0.2) is 0 Å². The van der Waals surface area contributed by atoms with Gasteiger partial charge in [-0.05, 0) is 64.4 Å². The van der Waals surface area contributed by atoms with Gasteiger partial charge in [0.1, 0.15) is 0 Å². The van der Waals surface area contributed by atoms with Crippen LogP contribution in [0, 0.1) is 6.92 Å². The van der Waals surface area contributed by atoms with E-state index in [-0.39, 0.29) is 0 Å². The van der Waals surface area contributed by atoms with Gasteiger partial charge in [0.25, 0.3) is 0 Å². The van der Waals surface area contributed by atoms with Gasteiger partial charge in [-0.15, -0.1) is 0 Å². The summed E-state index contributed by atoms with van der Waals surface area (Å²) in [6, 6.07) is 27.2. The normalized spacial score (nSPS) is 16.9. The number of rotatable bonds is 1. The lowest BCUT2D eigenvalue weighted by molar-refractivity contribution is 0.619. The highest BCUT2D eigenvalue weighted by Crippen LogP contribution is 2.41. The molecule has 0 spiro atoms. The Bertz CT molecular complexity index is 1070. The first-order valence-corrected chi connectivity index (χ1v) is 9.31. The predicted octanol–water partition coefficient (Wildman–Crippen LogP) is 6.77. The summed E-state index contributed by atoms with van der Waals surface area (Å²) in [5.74, 6) is 0.542. The van der Waals surface area contributed by atoms with Crippen molar-refractivity contribution >= 4 is 21.5 Å². The summed E-state index contributed by atoms with van der Waals surface area (Å²) < 4.78 is 0. The molecular weight excluding hydrogens is 300 g/mol. The SMILES string of the molecule is Cc1ccc(C2CCCc3c2ccc2c3ccc3ccccc32)cc1. The minimum Gasteiger partial charge on any atom is -0.0616 e. The van der Waals surface area contributed by atoms with Crippen LogP contribution in [0.4, 0.5) is 0 Å². The van der Waals surface area contributed by atoms with Crippen molar-refractivity contribution in [2.45, 2.75) is 32.1 Å². The quantitative estimate of drug-likeness (QED) is 0.339. The van der Waals surface area contributed by atoms with E-state index < -0.39 is 0 Å². The second-order valence-corrected chi connectivity index (χ2v) is 7.37. The van der Waals surface area contributed by atoms with Gasteiger partial charge in [-0.2, -0.15) is 0 Å². The lowest BCUT2D eigenvalue weighted by atomic mass is 9.77. The summed E-state index contributed by atoms with van der Waals surface area (Å²) >= 11 is 0. The Hall–Kier alpha value is -2.60. The fraction of sp³-hybridized carbons (Fsp3) is 0.200. The monoisotopic (exact) mass is 322 g/mol. The molecule has 122 valence electrons. The molecule has 1 unspecified atom stereocenters. The number of fused-ring (bicyclic) bond motifs is 5. The van der Waals surface area contributed by atoms with E-state index in [9.17, 15) is 0 Å². The second-order valence-electron chi connectivity index (χ2n) is 7.37. The van der Waals surface area contributed by atoms with Crippen LogP contribution in [-0.4, -0.2) is 0 Å². The maximum absolute atomic E-state index is 2.40. The van der Waals surface area contributed by atoms with Crippen LogP contribution >= 0.6 is 0 Å². The molecule has 0 N–H and O–H groups in total. The molecule has 4 aromatic carbocycles. The molecule has 0 heteroatoms. The van der Waals surface area contributed by atoms with Crippen molar-refractivity contribution in [3.8, 4) is 0 Å². The molecular formula is C25H22. The highest BCUT2D eigenvalue weighted by Gasteiger charge is 2.23. The standard InChI is InChI=1S/C25H22/c1-17-9-11-19(12-10-17)21-7-4-8-22-23(21)15-16-24-20-6-3-2-5-18(20)13-14-25(22)24/h2-3,5-6,9-16,21H,4,7-8H2,1H3. The van der Waals surface area contributed by atoms with Crippen LogP contribution < -0.4 is 0 Å². The zero-order chi connectivity index (χ0) is 16.8. The molecule has 1 atom stereocenters. The first kappa shape index (κ1) is 14.7. The number of hydrogen-bond donors (Lipinski definition) is 0. The number of aryl methyl sites for hydroxylation is 2. The van der Waals surface area contributed by atoms with Gasteiger partial charge in [-0.1, -0.05) is 78.4 Å². The summed E-state index contributed by atoms with van der Waals surface area (Å²) in [4.78, 5) is 0. The van der Waals surface area contributed by atoms with E-state index in [1.165, 1.54) is 57.5 Å². The first-order valence-electron chi connectivity index (χ1n) is 9.31. The van der Waals surface area contributed by atoms with E-state index in [0.29, 0.717) is 5.92 Å². The van der Waals surface area contributed by atoms with Crippen molar-refractivity contribution in [3.63, 3.8) is 0 Å². The molecule has 1 aliphatic rings. The fourth-order valence-corrected chi connectivity index (χ4v) is 4.56. The van der Waals surface area contributed by atoms with Crippen LogP contribution in [-0.2, 0) is 6.42 Å². The van der Waals surface area contributed by atoms with E-state index in [2.05, 4.69) is 79.7 Å². The Kier molecular flexibility index (Phi) is 3.38. The van der Waals surface area contributed by atoms with Gasteiger partial charge in [-0.3, -0.25) is 0 Å². The molecule has 0 amide bonds. The van der Waals surface area contributed by atoms with Crippen LogP contribution in [0.1, 0.15) is 41.0 Å². The summed E-state index contributed by atoms with van der Waals surface area (Å²) in [6.45, 7) is 2.16. The topological polar surface area (TPSA) is 0 Å². The van der Waals surface area contributed by atoms with Crippen molar-refractivity contribution in [1.82, 2.24) is 0 Å². The van der Waals surface area contributed by atoms with Crippen molar-refractivity contribution in [2.75, 3.05) is 0 Å². The Balaban J connectivity index is 1.73. The van der Waals surface area contributed by atoms with Crippen LogP contribution in [0.3, 0.4) is 0 Å². The highest BCUT2D eigenvalue weighted by molar-refractivity contribution is 6.08. The number of hydrogen-bond acceptors (Lipinski definition) is 0. The van der Waals surface area contributed by atoms with Gasteiger partial charge in [0.2, 0.25) is 0 Å². The smallest absolute Gasteiger partial charge is 0.00924 e. The van der Waals surface area contributed by atoms with Gasteiger partial charge >= 0.3 is 0 Å². The molecule has 0 aromatic heterocycles. The molecule has 0 aliphatic heterocycles. The summed E-state index contributed by atoms with van der Waals surface area (Å²) in [5.41, 5.74) is 5.91. The van der Waals surface area contributed by atoms with E-state index in [0.717, 1.165) is 0 Å². The van der Waals surface area contributed by atoms with E-state index in [4.69, 9.17) is 0 Å². The molecule has 0 nitrogen and oxygen atoms in total. The Labute approximate surface area is 149 Å². The zero-order valence-electron chi connectivity index (χ0n) is 14.6. The predicted molar refractivity (Wildman–Crippen MR) is 107 cm³/mol. The van der Waals surface area contributed by atoms with Gasteiger partial charge in [0.05, 0.1) is 0 Å². The van der Waals surface area contributed by atoms with E-state index >= 15 is 0 Å². The lowest BCUT2D eigenvalue weighted by Gasteiger charge is -2.27.